The summed E-state index contributed by atoms with van der Waals surface area (Å²) in [7, 11) is 0. The summed E-state index contributed by atoms with van der Waals surface area (Å²) in [5.41, 5.74) is 0. The SMILES string of the molecule is CC(C)=O.c1ccc(OCC2CO2)cc1.c1ccc(OCC2CO2)cc1. The van der Waals surface area contributed by atoms with E-state index in [1.807, 2.05) is 60.7 Å². The van der Waals surface area contributed by atoms with Crippen LogP contribution in [0.1, 0.15) is 13.8 Å². The van der Waals surface area contributed by atoms with E-state index >= 15 is 0 Å². The number of para-hydroxylation sites is 2. The van der Waals surface area contributed by atoms with Crippen molar-refractivity contribution in [2.75, 3.05) is 26.4 Å². The molecule has 0 N–H and O–H groups in total. The van der Waals surface area contributed by atoms with Gasteiger partial charge in [-0.25, -0.2) is 0 Å². The molecule has 2 saturated heterocycles. The normalized spacial score (nSPS) is 19.0. The zero-order valence-electron chi connectivity index (χ0n) is 15.3. The number of carbonyl (C=O) groups is 1. The minimum atomic E-state index is 0.167. The third-order valence-electron chi connectivity index (χ3n) is 3.16. The number of Topliss-reactive ketones (excluding diaryl/α,β-unsaturated/α-hetero) is 1. The summed E-state index contributed by atoms with van der Waals surface area (Å²) >= 11 is 0. The van der Waals surface area contributed by atoms with Crippen molar-refractivity contribution in [1.82, 2.24) is 0 Å². The van der Waals surface area contributed by atoms with Crippen LogP contribution in [0.15, 0.2) is 60.7 Å². The second kappa shape index (κ2) is 11.3. The van der Waals surface area contributed by atoms with E-state index in [4.69, 9.17) is 18.9 Å². The largest absolute Gasteiger partial charge is 0.491 e. The fourth-order valence-electron chi connectivity index (χ4n) is 1.74. The lowest BCUT2D eigenvalue weighted by atomic mass is 10.3. The van der Waals surface area contributed by atoms with E-state index < -0.39 is 0 Å². The summed E-state index contributed by atoms with van der Waals surface area (Å²) in [6, 6.07) is 19.6. The molecular weight excluding hydrogens is 332 g/mol. The Kier molecular flexibility index (Phi) is 8.66. The first-order valence-corrected chi connectivity index (χ1v) is 8.69. The standard InChI is InChI=1S/2C9H10O2.C3H6O/c2*1-2-4-8(5-3-1)10-6-9-7-11-9;1-3(2)4/h2*1-5,9H,6-7H2;1-2H3. The highest BCUT2D eigenvalue weighted by Gasteiger charge is 2.23. The fraction of sp³-hybridized carbons (Fsp3) is 0.381. The maximum absolute atomic E-state index is 9.44. The van der Waals surface area contributed by atoms with Crippen molar-refractivity contribution in [3.63, 3.8) is 0 Å². The van der Waals surface area contributed by atoms with Crippen LogP contribution in [0.4, 0.5) is 0 Å². The molecule has 0 bridgehead atoms. The van der Waals surface area contributed by atoms with Gasteiger partial charge in [0.2, 0.25) is 0 Å². The maximum Gasteiger partial charge on any atom is 0.126 e. The highest BCUT2D eigenvalue weighted by molar-refractivity contribution is 5.72. The average Bonchev–Trinajstić information content (AvgIpc) is 3.55. The minimum absolute atomic E-state index is 0.167. The van der Waals surface area contributed by atoms with Gasteiger partial charge >= 0.3 is 0 Å². The molecule has 2 unspecified atom stereocenters. The zero-order chi connectivity index (χ0) is 18.6. The first-order valence-electron chi connectivity index (χ1n) is 8.69. The first kappa shape index (κ1) is 19.9. The minimum Gasteiger partial charge on any atom is -0.491 e. The number of epoxide rings is 2. The Balaban J connectivity index is 0.000000156. The van der Waals surface area contributed by atoms with Crippen LogP contribution in [0.3, 0.4) is 0 Å². The molecule has 2 aromatic carbocycles. The van der Waals surface area contributed by atoms with Gasteiger partial charge in [-0.1, -0.05) is 36.4 Å². The topological polar surface area (TPSA) is 60.6 Å². The van der Waals surface area contributed by atoms with Gasteiger partial charge < -0.3 is 23.7 Å². The third-order valence-corrected chi connectivity index (χ3v) is 3.16. The van der Waals surface area contributed by atoms with Gasteiger partial charge in [0.05, 0.1) is 13.2 Å². The molecule has 0 radical (unpaired) electrons. The van der Waals surface area contributed by atoms with E-state index in [0.29, 0.717) is 25.4 Å². The number of hydrogen-bond acceptors (Lipinski definition) is 5. The Morgan fingerprint density at radius 3 is 1.38 bits per heavy atom. The van der Waals surface area contributed by atoms with Crippen molar-refractivity contribution < 1.29 is 23.7 Å². The monoisotopic (exact) mass is 358 g/mol. The number of carbonyl (C=O) groups excluding carboxylic acids is 1. The lowest BCUT2D eigenvalue weighted by Crippen LogP contribution is -2.03. The molecule has 5 nitrogen and oxygen atoms in total. The second-order valence-corrected chi connectivity index (χ2v) is 6.07. The molecule has 4 rings (SSSR count). The molecule has 140 valence electrons. The van der Waals surface area contributed by atoms with Gasteiger partial charge in [-0.05, 0) is 38.1 Å². The Hall–Kier alpha value is -2.37. The van der Waals surface area contributed by atoms with Gasteiger partial charge in [-0.2, -0.15) is 0 Å². The highest BCUT2D eigenvalue weighted by atomic mass is 16.6. The van der Waals surface area contributed by atoms with Crippen molar-refractivity contribution in [2.24, 2.45) is 0 Å². The van der Waals surface area contributed by atoms with Gasteiger partial charge in [0.25, 0.3) is 0 Å². The van der Waals surface area contributed by atoms with Crippen LogP contribution in [0, 0.1) is 0 Å². The Bertz CT molecular complexity index is 566. The molecule has 2 fully saturated rings. The maximum atomic E-state index is 9.44. The Morgan fingerprint density at radius 2 is 1.12 bits per heavy atom. The zero-order valence-corrected chi connectivity index (χ0v) is 15.3. The number of ether oxygens (including phenoxy) is 4. The molecule has 0 aliphatic carbocycles. The molecule has 2 heterocycles. The molecule has 0 amide bonds. The molecule has 2 atom stereocenters. The molecule has 0 spiro atoms. The lowest BCUT2D eigenvalue weighted by molar-refractivity contribution is -0.114. The molecule has 26 heavy (non-hydrogen) atoms. The van der Waals surface area contributed by atoms with Crippen molar-refractivity contribution >= 4 is 5.78 Å². The van der Waals surface area contributed by atoms with Gasteiger partial charge in [0.15, 0.2) is 0 Å². The van der Waals surface area contributed by atoms with Crippen molar-refractivity contribution in [3.05, 3.63) is 60.7 Å². The molecule has 0 saturated carbocycles. The lowest BCUT2D eigenvalue weighted by Gasteiger charge is -2.01. The number of benzene rings is 2. The number of ketones is 1. The van der Waals surface area contributed by atoms with E-state index in [1.165, 1.54) is 13.8 Å². The van der Waals surface area contributed by atoms with Gasteiger partial charge in [-0.15, -0.1) is 0 Å². The van der Waals surface area contributed by atoms with Crippen LogP contribution in [0.25, 0.3) is 0 Å². The predicted octanol–water partition coefficient (Wildman–Crippen LogP) is 3.52. The predicted molar refractivity (Wildman–Crippen MR) is 99.7 cm³/mol. The summed E-state index contributed by atoms with van der Waals surface area (Å²) in [4.78, 5) is 9.44. The van der Waals surface area contributed by atoms with Gasteiger partial charge in [0, 0.05) is 0 Å². The van der Waals surface area contributed by atoms with E-state index in [-0.39, 0.29) is 5.78 Å². The van der Waals surface area contributed by atoms with Crippen LogP contribution in [-0.2, 0) is 14.3 Å². The van der Waals surface area contributed by atoms with Crippen molar-refractivity contribution in [3.8, 4) is 11.5 Å². The average molecular weight is 358 g/mol. The molecule has 0 aromatic heterocycles. The van der Waals surface area contributed by atoms with Crippen LogP contribution < -0.4 is 9.47 Å². The fourth-order valence-corrected chi connectivity index (χ4v) is 1.74. The molecule has 2 aromatic rings. The van der Waals surface area contributed by atoms with Crippen molar-refractivity contribution in [1.29, 1.82) is 0 Å². The van der Waals surface area contributed by atoms with Gasteiger partial charge in [0.1, 0.15) is 42.7 Å². The quantitative estimate of drug-likeness (QED) is 0.740. The van der Waals surface area contributed by atoms with Crippen LogP contribution in [-0.4, -0.2) is 44.4 Å². The highest BCUT2D eigenvalue weighted by Crippen LogP contribution is 2.14. The summed E-state index contributed by atoms with van der Waals surface area (Å²) in [6.07, 6.45) is 0.686. The van der Waals surface area contributed by atoms with Gasteiger partial charge in [-0.3, -0.25) is 0 Å². The van der Waals surface area contributed by atoms with Crippen LogP contribution in [0.5, 0.6) is 11.5 Å². The van der Waals surface area contributed by atoms with E-state index in [2.05, 4.69) is 0 Å². The van der Waals surface area contributed by atoms with E-state index in [1.54, 1.807) is 0 Å². The van der Waals surface area contributed by atoms with Crippen LogP contribution >= 0.6 is 0 Å². The summed E-state index contributed by atoms with van der Waals surface area (Å²) < 4.78 is 20.8. The number of rotatable bonds is 6. The summed E-state index contributed by atoms with van der Waals surface area (Å²) in [5.74, 6) is 2.01. The smallest absolute Gasteiger partial charge is 0.126 e. The molecule has 2 aliphatic rings. The number of hydrogen-bond donors (Lipinski definition) is 0. The third kappa shape index (κ3) is 10.5. The molecular formula is C21H26O5. The van der Waals surface area contributed by atoms with E-state index in [9.17, 15) is 4.79 Å². The van der Waals surface area contributed by atoms with Crippen molar-refractivity contribution in [2.45, 2.75) is 26.1 Å². The first-order chi connectivity index (χ1) is 12.6. The Labute approximate surface area is 154 Å². The molecule has 5 heteroatoms. The molecule has 2 aliphatic heterocycles. The summed E-state index contributed by atoms with van der Waals surface area (Å²) in [5, 5.41) is 0. The summed E-state index contributed by atoms with van der Waals surface area (Å²) in [6.45, 7) is 6.13. The Morgan fingerprint density at radius 1 is 0.808 bits per heavy atom. The second-order valence-electron chi connectivity index (χ2n) is 6.07. The van der Waals surface area contributed by atoms with E-state index in [0.717, 1.165) is 24.7 Å². The van der Waals surface area contributed by atoms with Crippen LogP contribution in [0.2, 0.25) is 0 Å².